The lowest BCUT2D eigenvalue weighted by Gasteiger charge is -2.39. The molecule has 2 heterocycles. The number of likely N-dealkylation sites (N-methyl/N-ethyl adjacent to an activating group) is 1. The number of carbonyl (C=O) groups excluding carboxylic acids is 2. The molecule has 0 bridgehead atoms. The Morgan fingerprint density at radius 1 is 1.26 bits per heavy atom. The van der Waals surface area contributed by atoms with Gasteiger partial charge in [0.1, 0.15) is 12.6 Å². The quantitative estimate of drug-likeness (QED) is 0.589. The van der Waals surface area contributed by atoms with Crippen LogP contribution >= 0.6 is 0 Å². The minimum atomic E-state index is -1.09. The Kier molecular flexibility index (Phi) is 3.89. The molecule has 19 heavy (non-hydrogen) atoms. The molecule has 2 aliphatic heterocycles. The molecular formula is C11H18N4O4. The van der Waals surface area contributed by atoms with E-state index < -0.39 is 12.0 Å². The van der Waals surface area contributed by atoms with E-state index in [4.69, 9.17) is 5.11 Å². The van der Waals surface area contributed by atoms with Crippen molar-refractivity contribution >= 4 is 17.9 Å². The van der Waals surface area contributed by atoms with Crippen LogP contribution in [0.1, 0.15) is 0 Å². The zero-order valence-corrected chi connectivity index (χ0v) is 10.8. The van der Waals surface area contributed by atoms with Gasteiger partial charge in [0.2, 0.25) is 5.91 Å². The predicted molar refractivity (Wildman–Crippen MR) is 65.6 cm³/mol. The number of piperazine rings is 2. The van der Waals surface area contributed by atoms with E-state index in [1.54, 1.807) is 4.90 Å². The average Bonchev–Trinajstić information content (AvgIpc) is 2.38. The smallest absolute Gasteiger partial charge is 0.328 e. The highest BCUT2D eigenvalue weighted by molar-refractivity contribution is 5.90. The van der Waals surface area contributed by atoms with E-state index in [9.17, 15) is 14.4 Å². The van der Waals surface area contributed by atoms with Crippen molar-refractivity contribution in [2.24, 2.45) is 0 Å². The van der Waals surface area contributed by atoms with E-state index >= 15 is 0 Å². The molecule has 2 saturated heterocycles. The summed E-state index contributed by atoms with van der Waals surface area (Å²) in [4.78, 5) is 39.7. The van der Waals surface area contributed by atoms with Crippen LogP contribution in [0, 0.1) is 0 Å². The highest BCUT2D eigenvalue weighted by atomic mass is 16.4. The first-order valence-corrected chi connectivity index (χ1v) is 6.22. The zero-order chi connectivity index (χ0) is 14.0. The van der Waals surface area contributed by atoms with Gasteiger partial charge in [-0.05, 0) is 7.05 Å². The van der Waals surface area contributed by atoms with Crippen LogP contribution in [0.15, 0.2) is 0 Å². The number of amides is 3. The molecule has 8 heteroatoms. The van der Waals surface area contributed by atoms with Crippen LogP contribution < -0.4 is 5.32 Å². The first kappa shape index (κ1) is 13.6. The Labute approximate surface area is 110 Å². The SMILES string of the molecule is CN1CCN(C(=O)N2CC(=O)NCC2C(=O)O)CC1. The fraction of sp³-hybridized carbons (Fsp3) is 0.727. The molecule has 0 spiro atoms. The second-order valence-electron chi connectivity index (χ2n) is 4.86. The van der Waals surface area contributed by atoms with Crippen molar-refractivity contribution in [3.8, 4) is 0 Å². The standard InChI is InChI=1S/C11H18N4O4/c1-13-2-4-14(5-3-13)11(19)15-7-9(16)12-6-8(15)10(17)18/h8H,2-7H2,1H3,(H,12,16)(H,17,18). The van der Waals surface area contributed by atoms with Crippen molar-refractivity contribution in [2.75, 3.05) is 46.3 Å². The molecule has 0 aromatic carbocycles. The third kappa shape index (κ3) is 2.95. The van der Waals surface area contributed by atoms with Crippen LogP contribution in [0.2, 0.25) is 0 Å². The van der Waals surface area contributed by atoms with Crippen LogP contribution in [0.5, 0.6) is 0 Å². The van der Waals surface area contributed by atoms with Gasteiger partial charge in [0.25, 0.3) is 0 Å². The van der Waals surface area contributed by atoms with Gasteiger partial charge in [0.15, 0.2) is 0 Å². The van der Waals surface area contributed by atoms with Crippen LogP contribution in [0.3, 0.4) is 0 Å². The Hall–Kier alpha value is -1.83. The molecular weight excluding hydrogens is 252 g/mol. The topological polar surface area (TPSA) is 93.2 Å². The summed E-state index contributed by atoms with van der Waals surface area (Å²) in [6.45, 7) is 2.39. The Balaban J connectivity index is 2.06. The number of carbonyl (C=O) groups is 3. The van der Waals surface area contributed by atoms with Crippen LogP contribution in [-0.4, -0.2) is 90.1 Å². The number of aliphatic carboxylic acids is 1. The first-order chi connectivity index (χ1) is 8.99. The lowest BCUT2D eigenvalue weighted by atomic mass is 10.2. The summed E-state index contributed by atoms with van der Waals surface area (Å²) in [6, 6.07) is -1.35. The molecule has 2 aliphatic rings. The lowest BCUT2D eigenvalue weighted by Crippen LogP contribution is -2.63. The number of carboxylic acid groups (broad SMARTS) is 1. The molecule has 0 aromatic rings. The van der Waals surface area contributed by atoms with Crippen LogP contribution in [-0.2, 0) is 9.59 Å². The van der Waals surface area contributed by atoms with E-state index in [-0.39, 0.29) is 25.0 Å². The van der Waals surface area contributed by atoms with Crippen molar-refractivity contribution < 1.29 is 19.5 Å². The van der Waals surface area contributed by atoms with Gasteiger partial charge in [-0.1, -0.05) is 0 Å². The fourth-order valence-electron chi connectivity index (χ4n) is 2.24. The molecule has 8 nitrogen and oxygen atoms in total. The fourth-order valence-corrected chi connectivity index (χ4v) is 2.24. The number of urea groups is 1. The molecule has 0 saturated carbocycles. The predicted octanol–water partition coefficient (Wildman–Crippen LogP) is -1.76. The van der Waals surface area contributed by atoms with Gasteiger partial charge in [-0.3, -0.25) is 9.69 Å². The molecule has 2 N–H and O–H groups in total. The van der Waals surface area contributed by atoms with Crippen molar-refractivity contribution in [3.63, 3.8) is 0 Å². The molecule has 0 radical (unpaired) electrons. The molecule has 1 atom stereocenters. The number of hydrogen-bond acceptors (Lipinski definition) is 4. The number of nitrogens with zero attached hydrogens (tertiary/aromatic N) is 3. The van der Waals surface area contributed by atoms with Crippen molar-refractivity contribution in [1.82, 2.24) is 20.0 Å². The molecule has 0 aliphatic carbocycles. The van der Waals surface area contributed by atoms with Crippen LogP contribution in [0.4, 0.5) is 4.79 Å². The highest BCUT2D eigenvalue weighted by Crippen LogP contribution is 2.11. The third-order valence-electron chi connectivity index (χ3n) is 3.49. The Bertz CT molecular complexity index is 392. The third-order valence-corrected chi connectivity index (χ3v) is 3.49. The first-order valence-electron chi connectivity index (χ1n) is 6.22. The molecule has 3 amide bonds. The van der Waals surface area contributed by atoms with Gasteiger partial charge in [-0.15, -0.1) is 0 Å². The summed E-state index contributed by atoms with van der Waals surface area (Å²) in [6.07, 6.45) is 0. The Morgan fingerprint density at radius 3 is 2.47 bits per heavy atom. The van der Waals surface area contributed by atoms with E-state index in [1.807, 2.05) is 7.05 Å². The van der Waals surface area contributed by atoms with Crippen molar-refractivity contribution in [3.05, 3.63) is 0 Å². The highest BCUT2D eigenvalue weighted by Gasteiger charge is 2.37. The summed E-state index contributed by atoms with van der Waals surface area (Å²) >= 11 is 0. The lowest BCUT2D eigenvalue weighted by molar-refractivity contribution is -0.144. The van der Waals surface area contributed by atoms with E-state index in [1.165, 1.54) is 0 Å². The summed E-state index contributed by atoms with van der Waals surface area (Å²) in [5.41, 5.74) is 0. The summed E-state index contributed by atoms with van der Waals surface area (Å²) in [5, 5.41) is 11.6. The molecule has 0 aromatic heterocycles. The molecule has 1 unspecified atom stereocenters. The molecule has 106 valence electrons. The van der Waals surface area contributed by atoms with Gasteiger partial charge >= 0.3 is 12.0 Å². The Morgan fingerprint density at radius 2 is 1.89 bits per heavy atom. The minimum Gasteiger partial charge on any atom is -0.480 e. The minimum absolute atomic E-state index is 0.0341. The van der Waals surface area contributed by atoms with Gasteiger partial charge in [-0.2, -0.15) is 0 Å². The van der Waals surface area contributed by atoms with Gasteiger partial charge in [0, 0.05) is 32.7 Å². The summed E-state index contributed by atoms with van der Waals surface area (Å²) < 4.78 is 0. The summed E-state index contributed by atoms with van der Waals surface area (Å²) in [7, 11) is 1.97. The average molecular weight is 270 g/mol. The van der Waals surface area contributed by atoms with E-state index in [0.29, 0.717) is 13.1 Å². The second-order valence-corrected chi connectivity index (χ2v) is 4.86. The number of carboxylic acids is 1. The van der Waals surface area contributed by atoms with Crippen LogP contribution in [0.25, 0.3) is 0 Å². The number of rotatable bonds is 1. The van der Waals surface area contributed by atoms with Gasteiger partial charge < -0.3 is 20.2 Å². The van der Waals surface area contributed by atoms with Gasteiger partial charge in [0.05, 0.1) is 0 Å². The maximum absolute atomic E-state index is 12.3. The van der Waals surface area contributed by atoms with Gasteiger partial charge in [-0.25, -0.2) is 9.59 Å². The normalized spacial score (nSPS) is 25.1. The second kappa shape index (κ2) is 5.43. The largest absolute Gasteiger partial charge is 0.480 e. The monoisotopic (exact) mass is 270 g/mol. The zero-order valence-electron chi connectivity index (χ0n) is 10.8. The molecule has 2 rings (SSSR count). The van der Waals surface area contributed by atoms with Crippen molar-refractivity contribution in [2.45, 2.75) is 6.04 Å². The number of hydrogen-bond donors (Lipinski definition) is 2. The summed E-state index contributed by atoms with van der Waals surface area (Å²) in [5.74, 6) is -1.41. The maximum atomic E-state index is 12.3. The van der Waals surface area contributed by atoms with Crippen molar-refractivity contribution in [1.29, 1.82) is 0 Å². The van der Waals surface area contributed by atoms with E-state index in [2.05, 4.69) is 10.2 Å². The molecule has 2 fully saturated rings. The maximum Gasteiger partial charge on any atom is 0.328 e. The number of nitrogens with one attached hydrogen (secondary N) is 1. The van der Waals surface area contributed by atoms with E-state index in [0.717, 1.165) is 18.0 Å².